The van der Waals surface area contributed by atoms with Gasteiger partial charge in [-0.05, 0) is 0 Å². The molecule has 2 aromatic carbocycles. The third-order valence-corrected chi connectivity index (χ3v) is 10.2. The molecule has 0 bridgehead atoms. The summed E-state index contributed by atoms with van der Waals surface area (Å²) < 4.78 is 50.7. The molecule has 136 valence electrons. The van der Waals surface area contributed by atoms with E-state index in [1.807, 2.05) is 6.92 Å². The summed E-state index contributed by atoms with van der Waals surface area (Å²) in [5.41, 5.74) is 0. The van der Waals surface area contributed by atoms with E-state index >= 15 is 0 Å². The molecule has 0 aromatic heterocycles. The second-order valence-corrected chi connectivity index (χ2v) is 11.3. The molecule has 2 aromatic rings. The summed E-state index contributed by atoms with van der Waals surface area (Å²) in [5.74, 6) is -2.21. The molecular formula is C18H19F3IO3+. The Balaban J connectivity index is 2.54. The van der Waals surface area contributed by atoms with Gasteiger partial charge in [-0.25, -0.2) is 0 Å². The Kier molecular flexibility index (Phi) is 6.83. The van der Waals surface area contributed by atoms with Crippen LogP contribution in [-0.4, -0.2) is 18.8 Å². The molecule has 0 aliphatic heterocycles. The molecule has 0 amide bonds. The van der Waals surface area contributed by atoms with E-state index in [4.69, 9.17) is 6.13 Å². The van der Waals surface area contributed by atoms with Crippen molar-refractivity contribution >= 4 is 5.97 Å². The van der Waals surface area contributed by atoms with Gasteiger partial charge in [-0.3, -0.25) is 0 Å². The number of rotatable bonds is 7. The molecule has 0 N–H and O–H groups in total. The van der Waals surface area contributed by atoms with E-state index in [1.165, 1.54) is 0 Å². The first kappa shape index (κ1) is 19.7. The van der Waals surface area contributed by atoms with Crippen molar-refractivity contribution in [2.75, 3.05) is 6.61 Å². The van der Waals surface area contributed by atoms with Crippen LogP contribution in [0.1, 0.15) is 19.8 Å². The first-order valence-electron chi connectivity index (χ1n) is 7.73. The van der Waals surface area contributed by atoms with Crippen molar-refractivity contribution in [1.29, 1.82) is 0 Å². The van der Waals surface area contributed by atoms with Gasteiger partial charge in [-0.2, -0.15) is 0 Å². The number of unbranched alkanes of at least 4 members (excludes halogenated alkanes) is 1. The molecule has 3 nitrogen and oxygen atoms in total. The number of hydrogen-bond acceptors (Lipinski definition) is 3. The van der Waals surface area contributed by atoms with Crippen LogP contribution in [0.3, 0.4) is 0 Å². The van der Waals surface area contributed by atoms with Crippen molar-refractivity contribution in [3.63, 3.8) is 0 Å². The van der Waals surface area contributed by atoms with Gasteiger partial charge < -0.3 is 0 Å². The number of halogens is 4. The predicted molar refractivity (Wildman–Crippen MR) is 83.3 cm³/mol. The molecular weight excluding hydrogens is 448 g/mol. The number of alkyl halides is 3. The molecule has 0 heterocycles. The molecule has 0 atom stereocenters. The van der Waals surface area contributed by atoms with Gasteiger partial charge in [0.05, 0.1) is 0 Å². The molecule has 0 unspecified atom stereocenters. The van der Waals surface area contributed by atoms with Crippen molar-refractivity contribution in [2.24, 2.45) is 0 Å². The van der Waals surface area contributed by atoms with Gasteiger partial charge in [0.15, 0.2) is 0 Å². The first-order valence-corrected chi connectivity index (χ1v) is 11.6. The normalized spacial score (nSPS) is 12.6. The minimum absolute atomic E-state index is 0.224. The molecule has 7 heteroatoms. The third-order valence-electron chi connectivity index (χ3n) is 3.18. The summed E-state index contributed by atoms with van der Waals surface area (Å²) in [6.45, 7) is 2.17. The van der Waals surface area contributed by atoms with Crippen LogP contribution in [0.25, 0.3) is 0 Å². The van der Waals surface area contributed by atoms with E-state index in [1.54, 1.807) is 60.7 Å². The summed E-state index contributed by atoms with van der Waals surface area (Å²) in [6.07, 6.45) is -3.60. The summed E-state index contributed by atoms with van der Waals surface area (Å²) >= 11 is -4.38. The van der Waals surface area contributed by atoms with E-state index in [-0.39, 0.29) is 6.61 Å². The van der Waals surface area contributed by atoms with E-state index in [2.05, 4.69) is 0 Å². The van der Waals surface area contributed by atoms with Crippen LogP contribution in [0.5, 0.6) is 0 Å². The molecule has 25 heavy (non-hydrogen) atoms. The number of carbonyl (C=O) groups excluding carboxylic acids is 1. The van der Waals surface area contributed by atoms with Crippen LogP contribution in [0.15, 0.2) is 60.7 Å². The average Bonchev–Trinajstić information content (AvgIpc) is 2.61. The fraction of sp³-hybridized carbons (Fsp3) is 0.278. The maximum atomic E-state index is 12.9. The molecule has 0 saturated heterocycles. The molecule has 0 radical (unpaired) electrons. The fourth-order valence-corrected chi connectivity index (χ4v) is 8.52. The van der Waals surface area contributed by atoms with Crippen molar-refractivity contribution in [3.8, 4) is 0 Å². The maximum absolute atomic E-state index is 12.9. The Hall–Kier alpha value is -1.61. The topological polar surface area (TPSA) is 35.5 Å². The molecule has 0 spiro atoms. The zero-order valence-corrected chi connectivity index (χ0v) is 15.8. The molecule has 0 saturated carbocycles. The van der Waals surface area contributed by atoms with E-state index in [0.717, 1.165) is 6.42 Å². The van der Waals surface area contributed by atoms with E-state index < -0.39 is 31.4 Å². The Morgan fingerprint density at radius 1 is 0.960 bits per heavy atom. The van der Waals surface area contributed by atoms with Crippen LogP contribution >= 0.6 is 0 Å². The van der Waals surface area contributed by atoms with Gasteiger partial charge in [-0.15, -0.1) is 0 Å². The summed E-state index contributed by atoms with van der Waals surface area (Å²) in [4.78, 5) is 11.7. The Bertz CT molecular complexity index is 635. The van der Waals surface area contributed by atoms with Gasteiger partial charge in [0.1, 0.15) is 0 Å². The molecule has 2 rings (SSSR count). The van der Waals surface area contributed by atoms with Crippen LogP contribution in [0.4, 0.5) is 13.2 Å². The van der Waals surface area contributed by atoms with Gasteiger partial charge in [0.25, 0.3) is 0 Å². The fourth-order valence-electron chi connectivity index (χ4n) is 1.97. The van der Waals surface area contributed by atoms with Crippen LogP contribution in [-0.2, 0) is 10.9 Å². The number of benzene rings is 2. The number of hydrogen-bond donors (Lipinski definition) is 0. The standard InChI is InChI=1S/C18H19F3IO3/c1-2-3-14-24-22(15-10-6-4-7-11-15,16-12-8-5-9-13-16)25-17(23)18(19,20)21/h4-13H,2-3,14H2,1H3/q+1. The summed E-state index contributed by atoms with van der Waals surface area (Å²) in [6, 6.07) is 16.9. The van der Waals surface area contributed by atoms with Gasteiger partial charge >= 0.3 is 150 Å². The Labute approximate surface area is 149 Å². The van der Waals surface area contributed by atoms with Gasteiger partial charge in [0.2, 0.25) is 0 Å². The molecule has 0 fully saturated rings. The third kappa shape index (κ3) is 4.94. The monoisotopic (exact) mass is 467 g/mol. The Morgan fingerprint density at radius 2 is 1.44 bits per heavy atom. The van der Waals surface area contributed by atoms with Crippen LogP contribution < -0.4 is 19.3 Å². The van der Waals surface area contributed by atoms with Crippen LogP contribution in [0, 0.1) is 7.14 Å². The first-order chi connectivity index (χ1) is 11.9. The quantitative estimate of drug-likeness (QED) is 0.459. The van der Waals surface area contributed by atoms with Crippen molar-refractivity contribution in [1.82, 2.24) is 0 Å². The average molecular weight is 467 g/mol. The molecule has 0 aliphatic rings. The van der Waals surface area contributed by atoms with Crippen molar-refractivity contribution in [3.05, 3.63) is 67.8 Å². The van der Waals surface area contributed by atoms with Gasteiger partial charge in [-0.1, -0.05) is 0 Å². The zero-order chi connectivity index (χ0) is 18.3. The van der Waals surface area contributed by atoms with Crippen LogP contribution in [0.2, 0.25) is 0 Å². The Morgan fingerprint density at radius 3 is 1.84 bits per heavy atom. The number of carbonyl (C=O) groups is 1. The van der Waals surface area contributed by atoms with Crippen molar-refractivity contribution < 1.29 is 43.4 Å². The van der Waals surface area contributed by atoms with E-state index in [0.29, 0.717) is 13.6 Å². The minimum atomic E-state index is -5.08. The van der Waals surface area contributed by atoms with E-state index in [9.17, 15) is 18.0 Å². The van der Waals surface area contributed by atoms with Gasteiger partial charge in [0, 0.05) is 0 Å². The zero-order valence-electron chi connectivity index (χ0n) is 13.6. The molecule has 0 aliphatic carbocycles. The second-order valence-electron chi connectivity index (χ2n) is 5.09. The van der Waals surface area contributed by atoms with Crippen molar-refractivity contribution in [2.45, 2.75) is 25.9 Å². The summed E-state index contributed by atoms with van der Waals surface area (Å²) in [7, 11) is 0. The SMILES string of the molecule is CCCCO[I+](OC(=O)C(F)(F)F)(c1ccccc1)c1ccccc1. The second kappa shape index (κ2) is 8.66. The predicted octanol–water partition coefficient (Wildman–Crippen LogP) is 1.64. The summed E-state index contributed by atoms with van der Waals surface area (Å²) in [5, 5.41) is 0.